The van der Waals surface area contributed by atoms with E-state index < -0.39 is 0 Å². The van der Waals surface area contributed by atoms with E-state index in [4.69, 9.17) is 11.6 Å². The van der Waals surface area contributed by atoms with Crippen LogP contribution in [0.15, 0.2) is 24.3 Å². The largest absolute Gasteiger partial charge is 0.314 e. The molecule has 1 saturated carbocycles. The van der Waals surface area contributed by atoms with Gasteiger partial charge in [-0.15, -0.1) is 0 Å². The van der Waals surface area contributed by atoms with Crippen molar-refractivity contribution in [2.45, 2.75) is 31.2 Å². The Bertz CT molecular complexity index is 318. The van der Waals surface area contributed by atoms with Crippen LogP contribution in [0.1, 0.15) is 24.8 Å². The number of hydrogen-bond acceptors (Lipinski definition) is 1. The lowest BCUT2D eigenvalue weighted by molar-refractivity contribution is 0.509. The molecule has 1 fully saturated rings. The van der Waals surface area contributed by atoms with Gasteiger partial charge in [0.1, 0.15) is 0 Å². The molecule has 0 unspecified atom stereocenters. The average molecular weight is 210 g/mol. The fourth-order valence-electron chi connectivity index (χ4n) is 1.85. The SMILES string of the molecule is CNC1(CCc2ccccc2Cl)CC1. The Balaban J connectivity index is 1.95. The van der Waals surface area contributed by atoms with Gasteiger partial charge in [0, 0.05) is 10.6 Å². The van der Waals surface area contributed by atoms with E-state index in [-0.39, 0.29) is 0 Å². The third kappa shape index (κ3) is 2.10. The Morgan fingerprint density at radius 3 is 2.64 bits per heavy atom. The molecule has 0 saturated heterocycles. The summed E-state index contributed by atoms with van der Waals surface area (Å²) in [6, 6.07) is 8.13. The van der Waals surface area contributed by atoms with E-state index in [9.17, 15) is 0 Å². The van der Waals surface area contributed by atoms with Crippen molar-refractivity contribution in [3.8, 4) is 0 Å². The van der Waals surface area contributed by atoms with E-state index in [0.717, 1.165) is 11.4 Å². The second-order valence-corrected chi connectivity index (χ2v) is 4.53. The summed E-state index contributed by atoms with van der Waals surface area (Å²) >= 11 is 6.10. The molecule has 0 atom stereocenters. The van der Waals surface area contributed by atoms with Gasteiger partial charge in [0.25, 0.3) is 0 Å². The number of hydrogen-bond donors (Lipinski definition) is 1. The lowest BCUT2D eigenvalue weighted by Gasteiger charge is -2.13. The van der Waals surface area contributed by atoms with Crippen molar-refractivity contribution in [2.75, 3.05) is 7.05 Å². The first-order valence-corrected chi connectivity index (χ1v) is 5.56. The fraction of sp³-hybridized carbons (Fsp3) is 0.500. The number of aryl methyl sites for hydroxylation is 1. The minimum atomic E-state index is 0.430. The quantitative estimate of drug-likeness (QED) is 0.804. The van der Waals surface area contributed by atoms with Crippen LogP contribution in [0.5, 0.6) is 0 Å². The van der Waals surface area contributed by atoms with Crippen molar-refractivity contribution in [1.82, 2.24) is 5.32 Å². The molecule has 1 aromatic carbocycles. The molecule has 14 heavy (non-hydrogen) atoms. The maximum Gasteiger partial charge on any atom is 0.0437 e. The monoisotopic (exact) mass is 209 g/mol. The maximum atomic E-state index is 6.10. The van der Waals surface area contributed by atoms with Gasteiger partial charge in [0.2, 0.25) is 0 Å². The van der Waals surface area contributed by atoms with Crippen LogP contribution in [-0.4, -0.2) is 12.6 Å². The van der Waals surface area contributed by atoms with Crippen molar-refractivity contribution < 1.29 is 0 Å². The second-order valence-electron chi connectivity index (χ2n) is 4.12. The summed E-state index contributed by atoms with van der Waals surface area (Å²) in [4.78, 5) is 0. The van der Waals surface area contributed by atoms with Crippen molar-refractivity contribution >= 4 is 11.6 Å². The van der Waals surface area contributed by atoms with E-state index in [1.54, 1.807) is 0 Å². The zero-order chi connectivity index (χ0) is 10.0. The molecule has 1 N–H and O–H groups in total. The van der Waals surface area contributed by atoms with E-state index >= 15 is 0 Å². The topological polar surface area (TPSA) is 12.0 Å². The van der Waals surface area contributed by atoms with Gasteiger partial charge in [-0.25, -0.2) is 0 Å². The highest BCUT2D eigenvalue weighted by Crippen LogP contribution is 2.39. The number of halogens is 1. The molecule has 0 heterocycles. The summed E-state index contributed by atoms with van der Waals surface area (Å²) in [7, 11) is 2.06. The predicted molar refractivity (Wildman–Crippen MR) is 60.8 cm³/mol. The van der Waals surface area contributed by atoms with E-state index in [0.29, 0.717) is 5.54 Å². The first-order chi connectivity index (χ1) is 6.76. The summed E-state index contributed by atoms with van der Waals surface area (Å²) in [5.74, 6) is 0. The minimum Gasteiger partial charge on any atom is -0.314 e. The smallest absolute Gasteiger partial charge is 0.0437 e. The van der Waals surface area contributed by atoms with E-state index in [1.807, 2.05) is 12.1 Å². The Hall–Kier alpha value is -0.530. The lowest BCUT2D eigenvalue weighted by atomic mass is 10.0. The third-order valence-electron chi connectivity index (χ3n) is 3.21. The fourth-order valence-corrected chi connectivity index (χ4v) is 2.08. The molecule has 0 spiro atoms. The first kappa shape index (κ1) is 10.0. The van der Waals surface area contributed by atoms with Crippen LogP contribution in [0.3, 0.4) is 0 Å². The van der Waals surface area contributed by atoms with Crippen LogP contribution < -0.4 is 5.32 Å². The highest BCUT2D eigenvalue weighted by molar-refractivity contribution is 6.31. The van der Waals surface area contributed by atoms with Crippen LogP contribution in [0, 0.1) is 0 Å². The summed E-state index contributed by atoms with van der Waals surface area (Å²) in [5.41, 5.74) is 1.70. The van der Waals surface area contributed by atoms with Crippen molar-refractivity contribution in [1.29, 1.82) is 0 Å². The normalized spacial score (nSPS) is 18.1. The van der Waals surface area contributed by atoms with Crippen molar-refractivity contribution in [3.05, 3.63) is 34.9 Å². The highest BCUT2D eigenvalue weighted by Gasteiger charge is 2.40. The zero-order valence-corrected chi connectivity index (χ0v) is 9.27. The predicted octanol–water partition coefficient (Wildman–Crippen LogP) is 3.02. The Kier molecular flexibility index (Phi) is 2.80. The molecule has 0 bridgehead atoms. The summed E-state index contributed by atoms with van der Waals surface area (Å²) < 4.78 is 0. The molecule has 0 radical (unpaired) electrons. The van der Waals surface area contributed by atoms with E-state index in [2.05, 4.69) is 24.5 Å². The van der Waals surface area contributed by atoms with Gasteiger partial charge in [0.05, 0.1) is 0 Å². The number of rotatable bonds is 4. The summed E-state index contributed by atoms with van der Waals surface area (Å²) in [5, 5.41) is 4.30. The molecule has 1 aliphatic rings. The van der Waals surface area contributed by atoms with E-state index in [1.165, 1.54) is 24.8 Å². The molecule has 0 amide bonds. The molecule has 76 valence electrons. The van der Waals surface area contributed by atoms with Gasteiger partial charge >= 0.3 is 0 Å². The van der Waals surface area contributed by atoms with Crippen LogP contribution in [0.4, 0.5) is 0 Å². The third-order valence-corrected chi connectivity index (χ3v) is 3.58. The average Bonchev–Trinajstić information content (AvgIpc) is 2.98. The highest BCUT2D eigenvalue weighted by atomic mass is 35.5. The number of benzene rings is 1. The van der Waals surface area contributed by atoms with Gasteiger partial charge in [-0.3, -0.25) is 0 Å². The van der Waals surface area contributed by atoms with Gasteiger partial charge in [-0.05, 0) is 44.4 Å². The summed E-state index contributed by atoms with van der Waals surface area (Å²) in [6.45, 7) is 0. The van der Waals surface area contributed by atoms with Crippen LogP contribution in [0.25, 0.3) is 0 Å². The van der Waals surface area contributed by atoms with Crippen molar-refractivity contribution in [3.63, 3.8) is 0 Å². The van der Waals surface area contributed by atoms with Gasteiger partial charge in [-0.1, -0.05) is 29.8 Å². The zero-order valence-electron chi connectivity index (χ0n) is 8.52. The molecule has 1 aliphatic carbocycles. The summed E-state index contributed by atoms with van der Waals surface area (Å²) in [6.07, 6.45) is 4.91. The number of nitrogens with one attached hydrogen (secondary N) is 1. The Labute approximate surface area is 90.5 Å². The lowest BCUT2D eigenvalue weighted by Crippen LogP contribution is -2.27. The van der Waals surface area contributed by atoms with Crippen molar-refractivity contribution in [2.24, 2.45) is 0 Å². The molecule has 1 aromatic rings. The molecular formula is C12H16ClN. The molecule has 0 aromatic heterocycles. The van der Waals surface area contributed by atoms with Crippen LogP contribution in [-0.2, 0) is 6.42 Å². The molecule has 2 rings (SSSR count). The maximum absolute atomic E-state index is 6.10. The van der Waals surface area contributed by atoms with Gasteiger partial charge in [0.15, 0.2) is 0 Å². The van der Waals surface area contributed by atoms with Gasteiger partial charge in [-0.2, -0.15) is 0 Å². The minimum absolute atomic E-state index is 0.430. The van der Waals surface area contributed by atoms with Gasteiger partial charge < -0.3 is 5.32 Å². The Morgan fingerprint density at radius 2 is 2.07 bits per heavy atom. The van der Waals surface area contributed by atoms with Crippen LogP contribution >= 0.6 is 11.6 Å². The first-order valence-electron chi connectivity index (χ1n) is 5.18. The molecule has 2 heteroatoms. The molecule has 0 aliphatic heterocycles. The van der Waals surface area contributed by atoms with Crippen LogP contribution in [0.2, 0.25) is 5.02 Å². The molecular weight excluding hydrogens is 194 g/mol. The second kappa shape index (κ2) is 3.92. The molecule has 1 nitrogen and oxygen atoms in total. The Morgan fingerprint density at radius 1 is 1.36 bits per heavy atom. The standard InChI is InChI=1S/C12H16ClN/c1-14-12(8-9-12)7-6-10-4-2-3-5-11(10)13/h2-5,14H,6-9H2,1H3.